The van der Waals surface area contributed by atoms with Gasteiger partial charge in [-0.15, -0.1) is 0 Å². The number of carboxylic acid groups (broad SMARTS) is 1. The number of benzene rings is 1. The summed E-state index contributed by atoms with van der Waals surface area (Å²) in [6, 6.07) is 3.58. The van der Waals surface area contributed by atoms with Crippen LogP contribution in [0.4, 0.5) is 0 Å². The molecule has 0 radical (unpaired) electrons. The van der Waals surface area contributed by atoms with Gasteiger partial charge in [-0.05, 0) is 37.0 Å². The van der Waals surface area contributed by atoms with Crippen LogP contribution < -0.4 is 5.73 Å². The molecular weight excluding hydrogens is 296 g/mol. The number of nitrogens with two attached hydrogens (primary N) is 1. The SMILES string of the molecule is NC1CCc2[nH]c3c(C(=O)O)ccc(Br)c3c2C1. The molecule has 0 saturated carbocycles. The van der Waals surface area contributed by atoms with Crippen LogP contribution in [0.25, 0.3) is 10.9 Å². The minimum atomic E-state index is -0.907. The molecule has 0 bridgehead atoms. The van der Waals surface area contributed by atoms with Crippen molar-refractivity contribution >= 4 is 32.8 Å². The standard InChI is InChI=1S/C13H13BrN2O2/c14-9-3-2-7(13(17)18)12-11(9)8-5-6(15)1-4-10(8)16-12/h2-3,6,16H,1,4-5,15H2,(H,17,18). The second kappa shape index (κ2) is 4.10. The quantitative estimate of drug-likeness (QED) is 0.757. The number of H-pyrrole nitrogens is 1. The van der Waals surface area contributed by atoms with Crippen molar-refractivity contribution in [2.24, 2.45) is 5.73 Å². The van der Waals surface area contributed by atoms with E-state index in [0.29, 0.717) is 11.1 Å². The highest BCUT2D eigenvalue weighted by Crippen LogP contribution is 2.35. The van der Waals surface area contributed by atoms with Gasteiger partial charge in [0.25, 0.3) is 0 Å². The molecule has 1 heterocycles. The average Bonchev–Trinajstić information content (AvgIpc) is 2.68. The van der Waals surface area contributed by atoms with Gasteiger partial charge in [0.2, 0.25) is 0 Å². The van der Waals surface area contributed by atoms with Crippen LogP contribution >= 0.6 is 15.9 Å². The Balaban J connectivity index is 2.34. The maximum absolute atomic E-state index is 11.2. The van der Waals surface area contributed by atoms with Crippen molar-refractivity contribution in [2.45, 2.75) is 25.3 Å². The van der Waals surface area contributed by atoms with E-state index in [1.165, 1.54) is 5.56 Å². The van der Waals surface area contributed by atoms with Gasteiger partial charge in [-0.1, -0.05) is 15.9 Å². The Bertz CT molecular complexity index is 648. The first-order valence-electron chi connectivity index (χ1n) is 5.88. The van der Waals surface area contributed by atoms with Crippen LogP contribution in [0.1, 0.15) is 28.0 Å². The Morgan fingerprint density at radius 2 is 2.28 bits per heavy atom. The number of aromatic carboxylic acids is 1. The van der Waals surface area contributed by atoms with Crippen LogP contribution in [0.3, 0.4) is 0 Å². The largest absolute Gasteiger partial charge is 0.478 e. The van der Waals surface area contributed by atoms with E-state index in [1.807, 2.05) is 0 Å². The number of carbonyl (C=O) groups is 1. The first-order valence-corrected chi connectivity index (χ1v) is 6.68. The molecule has 1 unspecified atom stereocenters. The zero-order valence-corrected chi connectivity index (χ0v) is 11.3. The fourth-order valence-electron chi connectivity index (χ4n) is 2.69. The molecule has 0 aliphatic heterocycles. The zero-order valence-electron chi connectivity index (χ0n) is 9.66. The van der Waals surface area contributed by atoms with Crippen LogP contribution in [-0.4, -0.2) is 22.1 Å². The monoisotopic (exact) mass is 308 g/mol. The number of carboxylic acids is 1. The molecule has 3 rings (SSSR count). The minimum Gasteiger partial charge on any atom is -0.478 e. The summed E-state index contributed by atoms with van der Waals surface area (Å²) in [6.45, 7) is 0. The minimum absolute atomic E-state index is 0.164. The molecule has 1 aromatic carbocycles. The summed E-state index contributed by atoms with van der Waals surface area (Å²) in [6.07, 6.45) is 2.63. The number of halogens is 1. The van der Waals surface area contributed by atoms with Gasteiger partial charge in [0.05, 0.1) is 11.1 Å². The van der Waals surface area contributed by atoms with Crippen LogP contribution in [0.2, 0.25) is 0 Å². The van der Waals surface area contributed by atoms with Gasteiger partial charge < -0.3 is 15.8 Å². The summed E-state index contributed by atoms with van der Waals surface area (Å²) in [5, 5.41) is 10.2. The number of aryl methyl sites for hydroxylation is 1. The van der Waals surface area contributed by atoms with E-state index in [9.17, 15) is 9.90 Å². The van der Waals surface area contributed by atoms with Gasteiger partial charge in [-0.2, -0.15) is 0 Å². The van der Waals surface area contributed by atoms with Crippen molar-refractivity contribution in [3.8, 4) is 0 Å². The molecule has 94 valence electrons. The number of nitrogens with one attached hydrogen (secondary N) is 1. The Morgan fingerprint density at radius 3 is 3.00 bits per heavy atom. The van der Waals surface area contributed by atoms with Gasteiger partial charge in [-0.3, -0.25) is 0 Å². The van der Waals surface area contributed by atoms with E-state index >= 15 is 0 Å². The zero-order chi connectivity index (χ0) is 12.9. The molecule has 0 fully saturated rings. The molecule has 1 aliphatic carbocycles. The molecule has 0 saturated heterocycles. The predicted octanol–water partition coefficient (Wildman–Crippen LogP) is 2.44. The van der Waals surface area contributed by atoms with Crippen LogP contribution in [0, 0.1) is 0 Å². The Morgan fingerprint density at radius 1 is 1.50 bits per heavy atom. The Labute approximate surface area is 112 Å². The number of fused-ring (bicyclic) bond motifs is 3. The lowest BCUT2D eigenvalue weighted by molar-refractivity contribution is 0.0699. The van der Waals surface area contributed by atoms with Crippen molar-refractivity contribution in [1.29, 1.82) is 0 Å². The van der Waals surface area contributed by atoms with Crippen LogP contribution in [0.15, 0.2) is 16.6 Å². The van der Waals surface area contributed by atoms with Gasteiger partial charge in [0, 0.05) is 21.6 Å². The smallest absolute Gasteiger partial charge is 0.337 e. The fourth-order valence-corrected chi connectivity index (χ4v) is 3.26. The van der Waals surface area contributed by atoms with Gasteiger partial charge in [0.15, 0.2) is 0 Å². The van der Waals surface area contributed by atoms with E-state index in [4.69, 9.17) is 5.73 Å². The van der Waals surface area contributed by atoms with E-state index < -0.39 is 5.97 Å². The number of aromatic nitrogens is 1. The van der Waals surface area contributed by atoms with Gasteiger partial charge in [-0.25, -0.2) is 4.79 Å². The normalized spacial score (nSPS) is 18.9. The van der Waals surface area contributed by atoms with Crippen molar-refractivity contribution in [3.05, 3.63) is 33.4 Å². The molecule has 0 spiro atoms. The third kappa shape index (κ3) is 1.66. The highest BCUT2D eigenvalue weighted by atomic mass is 79.9. The van der Waals surface area contributed by atoms with Crippen molar-refractivity contribution < 1.29 is 9.90 Å². The maximum Gasteiger partial charge on any atom is 0.337 e. The topological polar surface area (TPSA) is 79.1 Å². The van der Waals surface area contributed by atoms with Crippen molar-refractivity contribution in [3.63, 3.8) is 0 Å². The predicted molar refractivity (Wildman–Crippen MR) is 73.0 cm³/mol. The lowest BCUT2D eigenvalue weighted by Crippen LogP contribution is -2.27. The number of hydrogen-bond acceptors (Lipinski definition) is 2. The summed E-state index contributed by atoms with van der Waals surface area (Å²) in [7, 11) is 0. The maximum atomic E-state index is 11.2. The number of rotatable bonds is 1. The second-order valence-electron chi connectivity index (χ2n) is 4.74. The summed E-state index contributed by atoms with van der Waals surface area (Å²) in [4.78, 5) is 14.5. The highest BCUT2D eigenvalue weighted by molar-refractivity contribution is 9.10. The molecule has 2 aromatic rings. The van der Waals surface area contributed by atoms with Crippen molar-refractivity contribution in [1.82, 2.24) is 4.98 Å². The van der Waals surface area contributed by atoms with Crippen molar-refractivity contribution in [2.75, 3.05) is 0 Å². The molecule has 0 amide bonds. The summed E-state index contributed by atoms with van der Waals surface area (Å²) < 4.78 is 0.925. The lowest BCUT2D eigenvalue weighted by atomic mass is 9.92. The second-order valence-corrected chi connectivity index (χ2v) is 5.59. The number of aromatic amines is 1. The molecule has 18 heavy (non-hydrogen) atoms. The highest BCUT2D eigenvalue weighted by Gasteiger charge is 2.23. The summed E-state index contributed by atoms with van der Waals surface area (Å²) in [5.41, 5.74) is 9.31. The van der Waals surface area contributed by atoms with Crippen LogP contribution in [-0.2, 0) is 12.8 Å². The van der Waals surface area contributed by atoms with Crippen LogP contribution in [0.5, 0.6) is 0 Å². The molecule has 1 aliphatic rings. The summed E-state index contributed by atoms with van der Waals surface area (Å²) >= 11 is 3.50. The van der Waals surface area contributed by atoms with E-state index in [0.717, 1.165) is 34.8 Å². The summed E-state index contributed by atoms with van der Waals surface area (Å²) in [5.74, 6) is -0.907. The van der Waals surface area contributed by atoms with Gasteiger partial charge in [0.1, 0.15) is 0 Å². The Kier molecular flexibility index (Phi) is 2.68. The molecule has 4 nitrogen and oxygen atoms in total. The molecule has 1 atom stereocenters. The van der Waals surface area contributed by atoms with E-state index in [1.54, 1.807) is 12.1 Å². The molecule has 1 aromatic heterocycles. The third-order valence-electron chi connectivity index (χ3n) is 3.56. The molecule has 5 heteroatoms. The first-order chi connectivity index (χ1) is 8.58. The first kappa shape index (κ1) is 11.7. The lowest BCUT2D eigenvalue weighted by Gasteiger charge is -2.18. The number of hydrogen-bond donors (Lipinski definition) is 3. The van der Waals surface area contributed by atoms with E-state index in [2.05, 4.69) is 20.9 Å². The Hall–Kier alpha value is -1.33. The molecular formula is C13H13BrN2O2. The average molecular weight is 309 g/mol. The van der Waals surface area contributed by atoms with Gasteiger partial charge >= 0.3 is 5.97 Å². The fraction of sp³-hybridized carbons (Fsp3) is 0.308. The van der Waals surface area contributed by atoms with E-state index in [-0.39, 0.29) is 6.04 Å². The third-order valence-corrected chi connectivity index (χ3v) is 4.22. The molecule has 4 N–H and O–H groups in total.